The molecule has 15 heavy (non-hydrogen) atoms. The lowest BCUT2D eigenvalue weighted by atomic mass is 10.3. The van der Waals surface area contributed by atoms with Crippen molar-refractivity contribution >= 4 is 54.8 Å². The predicted octanol–water partition coefficient (Wildman–Crippen LogP) is 1.97. The van der Waals surface area contributed by atoms with Crippen LogP contribution in [-0.2, 0) is 16.3 Å². The highest BCUT2D eigenvalue weighted by molar-refractivity contribution is 14.1. The van der Waals surface area contributed by atoms with Gasteiger partial charge in [0.1, 0.15) is 8.74 Å². The van der Waals surface area contributed by atoms with Crippen LogP contribution in [0, 0.1) is 3.70 Å². The van der Waals surface area contributed by atoms with E-state index in [4.69, 9.17) is 11.6 Å². The first-order valence-corrected chi connectivity index (χ1v) is 7.35. The van der Waals surface area contributed by atoms with Gasteiger partial charge in [-0.3, -0.25) is 0 Å². The molecular weight excluding hydrogens is 351 g/mol. The first-order chi connectivity index (χ1) is 6.88. The highest BCUT2D eigenvalue weighted by atomic mass is 127. The fourth-order valence-corrected chi connectivity index (χ4v) is 2.51. The molecule has 2 rings (SSSR count). The monoisotopic (exact) mass is 356 g/mol. The summed E-state index contributed by atoms with van der Waals surface area (Å²) in [6.45, 7) is 0. The molecule has 1 aliphatic rings. The number of aromatic nitrogens is 1. The van der Waals surface area contributed by atoms with Gasteiger partial charge in [-0.15, -0.1) is 0 Å². The van der Waals surface area contributed by atoms with Crippen molar-refractivity contribution in [3.63, 3.8) is 0 Å². The van der Waals surface area contributed by atoms with Gasteiger partial charge in [0.05, 0.1) is 16.4 Å². The Kier molecular flexibility index (Phi) is 2.76. The van der Waals surface area contributed by atoms with E-state index in [-0.39, 0.29) is 11.5 Å². The molecule has 1 aromatic rings. The quantitative estimate of drug-likeness (QED) is 0.527. The Labute approximate surface area is 106 Å². The summed E-state index contributed by atoms with van der Waals surface area (Å²) in [6, 6.07) is 1.64. The molecule has 0 atom stereocenters. The number of hydrogen-bond donors (Lipinski definition) is 0. The van der Waals surface area contributed by atoms with Crippen LogP contribution in [0.25, 0.3) is 0 Å². The number of fused-ring (bicyclic) bond motifs is 1. The molecule has 7 heteroatoms. The zero-order valence-corrected chi connectivity index (χ0v) is 11.4. The predicted molar refractivity (Wildman–Crippen MR) is 67.6 cm³/mol. The highest BCUT2D eigenvalue weighted by Gasteiger charge is 2.24. The van der Waals surface area contributed by atoms with E-state index in [1.165, 1.54) is 0 Å². The van der Waals surface area contributed by atoms with Crippen molar-refractivity contribution in [2.24, 2.45) is 4.99 Å². The standard InChI is InChI=1S/C8H6ClIN2O2S/c1-15(13,14)7-3-6-5(11-7)2-4(9)8(10)12-6/h2H,3H2,1H3. The largest absolute Gasteiger partial charge is 0.243 e. The van der Waals surface area contributed by atoms with Crippen molar-refractivity contribution in [3.8, 4) is 0 Å². The Balaban J connectivity index is 2.52. The second-order valence-electron chi connectivity index (χ2n) is 3.18. The van der Waals surface area contributed by atoms with Gasteiger partial charge in [0.2, 0.25) is 0 Å². The smallest absolute Gasteiger partial charge is 0.189 e. The van der Waals surface area contributed by atoms with E-state index in [1.54, 1.807) is 6.07 Å². The Bertz CT molecular complexity index is 568. The van der Waals surface area contributed by atoms with Gasteiger partial charge in [-0.05, 0) is 28.7 Å². The summed E-state index contributed by atoms with van der Waals surface area (Å²) in [5.74, 6) is 0. The maximum atomic E-state index is 11.3. The third-order valence-corrected chi connectivity index (χ3v) is 4.50. The van der Waals surface area contributed by atoms with Gasteiger partial charge in [-0.2, -0.15) is 0 Å². The summed E-state index contributed by atoms with van der Waals surface area (Å²) in [5.41, 5.74) is 1.23. The number of nitrogens with zero attached hydrogens (tertiary/aromatic N) is 2. The highest BCUT2D eigenvalue weighted by Crippen LogP contribution is 2.31. The van der Waals surface area contributed by atoms with E-state index in [0.717, 1.165) is 6.26 Å². The molecule has 0 aliphatic carbocycles. The summed E-state index contributed by atoms with van der Waals surface area (Å²) in [5, 5.41) is 0.649. The second-order valence-corrected chi connectivity index (χ2v) is 6.63. The SMILES string of the molecule is CS(=O)(=O)C1=Nc2cc(Cl)c(I)nc2C1. The molecule has 0 bridgehead atoms. The molecule has 0 aromatic carbocycles. The van der Waals surface area contributed by atoms with E-state index < -0.39 is 9.84 Å². The lowest BCUT2D eigenvalue weighted by Crippen LogP contribution is -2.12. The van der Waals surface area contributed by atoms with Crippen molar-refractivity contribution in [3.05, 3.63) is 20.5 Å². The summed E-state index contributed by atoms with van der Waals surface area (Å²) in [4.78, 5) is 8.20. The zero-order chi connectivity index (χ0) is 11.2. The Hall–Kier alpha value is -0.210. The molecule has 0 N–H and O–H groups in total. The molecule has 0 saturated heterocycles. The van der Waals surface area contributed by atoms with Gasteiger partial charge in [0.25, 0.3) is 0 Å². The second kappa shape index (κ2) is 3.67. The summed E-state index contributed by atoms with van der Waals surface area (Å²) in [7, 11) is -3.23. The van der Waals surface area contributed by atoms with E-state index >= 15 is 0 Å². The third kappa shape index (κ3) is 2.16. The molecule has 80 valence electrons. The molecule has 1 aliphatic heterocycles. The van der Waals surface area contributed by atoms with Crippen molar-refractivity contribution in [2.75, 3.05) is 6.26 Å². The van der Waals surface area contributed by atoms with Gasteiger partial charge >= 0.3 is 0 Å². The van der Waals surface area contributed by atoms with Crippen molar-refractivity contribution in [1.82, 2.24) is 4.98 Å². The summed E-state index contributed by atoms with van der Waals surface area (Å²) < 4.78 is 23.2. The number of aliphatic imine (C=N–C) groups is 1. The minimum Gasteiger partial charge on any atom is -0.243 e. The summed E-state index contributed by atoms with van der Waals surface area (Å²) in [6.07, 6.45) is 1.41. The number of hydrogen-bond acceptors (Lipinski definition) is 4. The fourth-order valence-electron chi connectivity index (χ4n) is 1.25. The van der Waals surface area contributed by atoms with E-state index in [1.807, 2.05) is 22.6 Å². The molecule has 0 saturated carbocycles. The minimum atomic E-state index is -3.23. The lowest BCUT2D eigenvalue weighted by molar-refractivity contribution is 0.612. The average Bonchev–Trinajstić information content (AvgIpc) is 2.47. The number of pyridine rings is 1. The summed E-state index contributed by atoms with van der Waals surface area (Å²) >= 11 is 7.87. The van der Waals surface area contributed by atoms with Gasteiger partial charge in [0.15, 0.2) is 9.84 Å². The topological polar surface area (TPSA) is 59.4 Å². The van der Waals surface area contributed by atoms with Crippen LogP contribution in [-0.4, -0.2) is 24.7 Å². The van der Waals surface area contributed by atoms with Crippen LogP contribution in [0.2, 0.25) is 5.02 Å². The van der Waals surface area contributed by atoms with Crippen LogP contribution in [0.3, 0.4) is 0 Å². The molecule has 1 aromatic heterocycles. The van der Waals surface area contributed by atoms with Crippen LogP contribution in [0.4, 0.5) is 5.69 Å². The van der Waals surface area contributed by atoms with E-state index in [9.17, 15) is 8.42 Å². The van der Waals surface area contributed by atoms with E-state index in [0.29, 0.717) is 20.1 Å². The van der Waals surface area contributed by atoms with Gasteiger partial charge in [-0.25, -0.2) is 18.4 Å². The molecule has 0 amide bonds. The molecule has 0 spiro atoms. The van der Waals surface area contributed by atoms with Crippen molar-refractivity contribution < 1.29 is 8.42 Å². The Morgan fingerprint density at radius 2 is 2.20 bits per heavy atom. The van der Waals surface area contributed by atoms with Crippen LogP contribution < -0.4 is 0 Å². The zero-order valence-electron chi connectivity index (χ0n) is 7.66. The van der Waals surface area contributed by atoms with Crippen LogP contribution in [0.1, 0.15) is 5.69 Å². The van der Waals surface area contributed by atoms with Crippen LogP contribution in [0.5, 0.6) is 0 Å². The van der Waals surface area contributed by atoms with Gasteiger partial charge in [0, 0.05) is 12.7 Å². The number of halogens is 2. The molecule has 0 unspecified atom stereocenters. The normalized spacial score (nSPS) is 15.0. The van der Waals surface area contributed by atoms with E-state index in [2.05, 4.69) is 9.98 Å². The number of sulfone groups is 1. The third-order valence-electron chi connectivity index (χ3n) is 1.98. The first kappa shape index (κ1) is 11.3. The molecule has 0 fully saturated rings. The maximum Gasteiger partial charge on any atom is 0.189 e. The number of rotatable bonds is 0. The molecule has 0 radical (unpaired) electrons. The molecule has 2 heterocycles. The van der Waals surface area contributed by atoms with Crippen LogP contribution >= 0.6 is 34.2 Å². The van der Waals surface area contributed by atoms with Crippen molar-refractivity contribution in [2.45, 2.75) is 6.42 Å². The molecular formula is C8H6ClIN2O2S. The minimum absolute atomic E-state index is 0.156. The lowest BCUT2D eigenvalue weighted by Gasteiger charge is -1.98. The fraction of sp³-hybridized carbons (Fsp3) is 0.250. The van der Waals surface area contributed by atoms with Crippen LogP contribution in [0.15, 0.2) is 11.1 Å². The Morgan fingerprint density at radius 1 is 1.53 bits per heavy atom. The maximum absolute atomic E-state index is 11.3. The first-order valence-electron chi connectivity index (χ1n) is 4.00. The molecule has 4 nitrogen and oxygen atoms in total. The van der Waals surface area contributed by atoms with Gasteiger partial charge < -0.3 is 0 Å². The Morgan fingerprint density at radius 3 is 2.80 bits per heavy atom. The van der Waals surface area contributed by atoms with Crippen molar-refractivity contribution in [1.29, 1.82) is 0 Å². The average molecular weight is 357 g/mol. The van der Waals surface area contributed by atoms with Gasteiger partial charge in [-0.1, -0.05) is 11.6 Å².